The Morgan fingerprint density at radius 3 is 3.00 bits per heavy atom. The molecule has 1 saturated heterocycles. The maximum Gasteiger partial charge on any atom is 0.264 e. The molecule has 0 radical (unpaired) electrons. The van der Waals surface area contributed by atoms with Gasteiger partial charge in [0, 0.05) is 37.8 Å². The largest absolute Gasteiger partial charge is 0.354 e. The van der Waals surface area contributed by atoms with Crippen LogP contribution in [0.4, 0.5) is 5.82 Å². The number of amides is 1. The lowest BCUT2D eigenvalue weighted by molar-refractivity contribution is 0.0745. The number of hydrogen-bond acceptors (Lipinski definition) is 5. The molecule has 7 heteroatoms. The van der Waals surface area contributed by atoms with Crippen molar-refractivity contribution in [3.05, 3.63) is 40.5 Å². The van der Waals surface area contributed by atoms with E-state index >= 15 is 0 Å². The SMILES string of the molecule is CCCc1csc(C(=O)N2CCN(c3ncnc4[nH]ccc34)CC3(CC3)C2)c1. The van der Waals surface area contributed by atoms with Gasteiger partial charge in [-0.1, -0.05) is 13.3 Å². The number of aryl methyl sites for hydroxylation is 1. The molecule has 6 nitrogen and oxygen atoms in total. The zero-order valence-corrected chi connectivity index (χ0v) is 17.0. The zero-order chi connectivity index (χ0) is 19.1. The first-order chi connectivity index (χ1) is 13.7. The topological polar surface area (TPSA) is 65.1 Å². The summed E-state index contributed by atoms with van der Waals surface area (Å²) in [4.78, 5) is 30.6. The molecule has 1 N–H and O–H groups in total. The van der Waals surface area contributed by atoms with Crippen LogP contribution in [0.2, 0.25) is 0 Å². The lowest BCUT2D eigenvalue weighted by Crippen LogP contribution is -2.36. The van der Waals surface area contributed by atoms with Crippen LogP contribution in [0.15, 0.2) is 30.0 Å². The molecule has 0 unspecified atom stereocenters. The third-order valence-electron chi connectivity index (χ3n) is 5.97. The maximum absolute atomic E-state index is 13.2. The van der Waals surface area contributed by atoms with E-state index < -0.39 is 0 Å². The fourth-order valence-electron chi connectivity index (χ4n) is 4.28. The molecule has 1 amide bonds. The molecule has 1 spiro atoms. The molecule has 2 fully saturated rings. The lowest BCUT2D eigenvalue weighted by Gasteiger charge is -2.25. The van der Waals surface area contributed by atoms with Crippen molar-refractivity contribution in [3.8, 4) is 0 Å². The molecule has 3 aromatic rings. The Hall–Kier alpha value is -2.41. The first-order valence-electron chi connectivity index (χ1n) is 10.1. The number of carbonyl (C=O) groups is 1. The molecular weight excluding hydrogens is 370 g/mol. The van der Waals surface area contributed by atoms with E-state index in [0.29, 0.717) is 0 Å². The summed E-state index contributed by atoms with van der Waals surface area (Å²) < 4.78 is 0. The minimum Gasteiger partial charge on any atom is -0.354 e. The highest BCUT2D eigenvalue weighted by atomic mass is 32.1. The molecule has 1 aliphatic carbocycles. The molecule has 4 heterocycles. The summed E-state index contributed by atoms with van der Waals surface area (Å²) >= 11 is 1.59. The number of nitrogens with one attached hydrogen (secondary N) is 1. The molecule has 2 aliphatic rings. The minimum absolute atomic E-state index is 0.190. The van der Waals surface area contributed by atoms with Crippen molar-refractivity contribution >= 4 is 34.1 Å². The minimum atomic E-state index is 0.190. The zero-order valence-electron chi connectivity index (χ0n) is 16.1. The van der Waals surface area contributed by atoms with E-state index in [0.717, 1.165) is 60.7 Å². The van der Waals surface area contributed by atoms with Crippen molar-refractivity contribution in [1.82, 2.24) is 19.9 Å². The van der Waals surface area contributed by atoms with Gasteiger partial charge in [0.1, 0.15) is 17.8 Å². The van der Waals surface area contributed by atoms with Crippen molar-refractivity contribution in [2.75, 3.05) is 31.1 Å². The predicted octanol–water partition coefficient (Wildman–Crippen LogP) is 3.71. The van der Waals surface area contributed by atoms with E-state index in [2.05, 4.69) is 43.1 Å². The van der Waals surface area contributed by atoms with Crippen LogP contribution in [-0.2, 0) is 6.42 Å². The van der Waals surface area contributed by atoms with Gasteiger partial charge in [-0.3, -0.25) is 4.79 Å². The second-order valence-corrected chi connectivity index (χ2v) is 9.07. The number of carbonyl (C=O) groups excluding carboxylic acids is 1. The van der Waals surface area contributed by atoms with E-state index in [-0.39, 0.29) is 11.3 Å². The Morgan fingerprint density at radius 1 is 1.29 bits per heavy atom. The fourth-order valence-corrected chi connectivity index (χ4v) is 5.19. The summed E-state index contributed by atoms with van der Waals surface area (Å²) in [7, 11) is 0. The number of hydrogen-bond donors (Lipinski definition) is 1. The Bertz CT molecular complexity index is 1010. The van der Waals surface area contributed by atoms with Crippen LogP contribution in [-0.4, -0.2) is 51.9 Å². The summed E-state index contributed by atoms with van der Waals surface area (Å²) in [6.45, 7) is 5.52. The van der Waals surface area contributed by atoms with Crippen molar-refractivity contribution in [2.45, 2.75) is 32.6 Å². The Kier molecular flexibility index (Phi) is 4.34. The first-order valence-corrected chi connectivity index (χ1v) is 11.0. The Morgan fingerprint density at radius 2 is 2.18 bits per heavy atom. The smallest absolute Gasteiger partial charge is 0.264 e. The molecule has 1 saturated carbocycles. The molecule has 0 bridgehead atoms. The van der Waals surface area contributed by atoms with Crippen LogP contribution in [0.3, 0.4) is 0 Å². The van der Waals surface area contributed by atoms with Crippen LogP contribution in [0.5, 0.6) is 0 Å². The van der Waals surface area contributed by atoms with Gasteiger partial charge in [-0.15, -0.1) is 11.3 Å². The van der Waals surface area contributed by atoms with E-state index in [4.69, 9.17) is 0 Å². The number of aromatic amines is 1. The quantitative estimate of drug-likeness (QED) is 0.731. The van der Waals surface area contributed by atoms with Gasteiger partial charge in [-0.05, 0) is 42.3 Å². The number of rotatable bonds is 4. The highest BCUT2D eigenvalue weighted by Crippen LogP contribution is 2.48. The predicted molar refractivity (Wildman–Crippen MR) is 112 cm³/mol. The van der Waals surface area contributed by atoms with E-state index in [1.807, 2.05) is 12.3 Å². The highest BCUT2D eigenvalue weighted by molar-refractivity contribution is 7.12. The standard InChI is InChI=1S/C21H25N5OS/c1-2-3-15-10-17(28-11-15)20(27)26-9-8-25(12-21(13-26)5-6-21)19-16-4-7-22-18(16)23-14-24-19/h4,7,10-11,14H,2-3,5-6,8-9,12-13H2,1H3,(H,22,23,24). The van der Waals surface area contributed by atoms with Gasteiger partial charge in [-0.2, -0.15) is 0 Å². The normalized spacial score (nSPS) is 18.6. The molecule has 146 valence electrons. The summed E-state index contributed by atoms with van der Waals surface area (Å²) in [5.41, 5.74) is 2.36. The number of H-pyrrole nitrogens is 1. The second-order valence-electron chi connectivity index (χ2n) is 8.15. The maximum atomic E-state index is 13.2. The number of aromatic nitrogens is 3. The molecule has 28 heavy (non-hydrogen) atoms. The monoisotopic (exact) mass is 395 g/mol. The van der Waals surface area contributed by atoms with Gasteiger partial charge < -0.3 is 14.8 Å². The lowest BCUT2D eigenvalue weighted by atomic mass is 10.1. The molecule has 5 rings (SSSR count). The number of fused-ring (bicyclic) bond motifs is 1. The molecule has 3 aromatic heterocycles. The number of nitrogens with zero attached hydrogens (tertiary/aromatic N) is 4. The van der Waals surface area contributed by atoms with Crippen molar-refractivity contribution in [3.63, 3.8) is 0 Å². The van der Waals surface area contributed by atoms with Crippen LogP contribution < -0.4 is 4.90 Å². The van der Waals surface area contributed by atoms with Crippen molar-refractivity contribution < 1.29 is 4.79 Å². The van der Waals surface area contributed by atoms with Crippen molar-refractivity contribution in [1.29, 1.82) is 0 Å². The van der Waals surface area contributed by atoms with Gasteiger partial charge in [0.2, 0.25) is 0 Å². The first kappa shape index (κ1) is 17.7. The fraction of sp³-hybridized carbons (Fsp3) is 0.476. The summed E-state index contributed by atoms with van der Waals surface area (Å²) in [5, 5.41) is 3.19. The van der Waals surface area contributed by atoms with E-state index in [1.165, 1.54) is 18.4 Å². The van der Waals surface area contributed by atoms with Gasteiger partial charge in [0.25, 0.3) is 5.91 Å². The summed E-state index contributed by atoms with van der Waals surface area (Å²) in [6, 6.07) is 4.13. The van der Waals surface area contributed by atoms with Crippen LogP contribution >= 0.6 is 11.3 Å². The van der Waals surface area contributed by atoms with Gasteiger partial charge in [0.05, 0.1) is 10.3 Å². The molecule has 0 atom stereocenters. The van der Waals surface area contributed by atoms with E-state index in [9.17, 15) is 4.79 Å². The van der Waals surface area contributed by atoms with Crippen molar-refractivity contribution in [2.24, 2.45) is 5.41 Å². The molecule has 0 aromatic carbocycles. The number of thiophene rings is 1. The average Bonchev–Trinajstić information content (AvgIpc) is 3.11. The van der Waals surface area contributed by atoms with E-state index in [1.54, 1.807) is 17.7 Å². The molecular formula is C21H25N5OS. The van der Waals surface area contributed by atoms with Gasteiger partial charge in [0.15, 0.2) is 0 Å². The summed E-state index contributed by atoms with van der Waals surface area (Å²) in [6.07, 6.45) is 8.05. The Labute approximate surface area is 168 Å². The van der Waals surface area contributed by atoms with Gasteiger partial charge in [-0.25, -0.2) is 9.97 Å². The third kappa shape index (κ3) is 3.17. The summed E-state index contributed by atoms with van der Waals surface area (Å²) in [5.74, 6) is 1.17. The van der Waals surface area contributed by atoms with Gasteiger partial charge >= 0.3 is 0 Å². The molecule has 1 aliphatic heterocycles. The second kappa shape index (κ2) is 6.88. The van der Waals surface area contributed by atoms with Crippen LogP contribution in [0.25, 0.3) is 11.0 Å². The van der Waals surface area contributed by atoms with Crippen LogP contribution in [0.1, 0.15) is 41.4 Å². The Balaban J connectivity index is 1.39. The third-order valence-corrected chi connectivity index (χ3v) is 6.94. The highest BCUT2D eigenvalue weighted by Gasteiger charge is 2.48. The number of anilines is 1. The average molecular weight is 396 g/mol. The van der Waals surface area contributed by atoms with Crippen LogP contribution in [0, 0.1) is 5.41 Å².